The lowest BCUT2D eigenvalue weighted by atomic mass is 10.2. The summed E-state index contributed by atoms with van der Waals surface area (Å²) in [4.78, 5) is 14.7. The average Bonchev–Trinajstić information content (AvgIpc) is 2.64. The molecule has 0 saturated heterocycles. The summed E-state index contributed by atoms with van der Waals surface area (Å²) in [6, 6.07) is 4.47. The molecule has 1 aromatic heterocycles. The van der Waals surface area contributed by atoms with Crippen LogP contribution < -0.4 is 4.74 Å². The number of benzene rings is 1. The third kappa shape index (κ3) is 2.62. The molecule has 0 amide bonds. The van der Waals surface area contributed by atoms with Gasteiger partial charge >= 0.3 is 0 Å². The van der Waals surface area contributed by atoms with Gasteiger partial charge in [0.1, 0.15) is 16.4 Å². The molecule has 88 valence electrons. The fourth-order valence-corrected chi connectivity index (χ4v) is 2.08. The Morgan fingerprint density at radius 1 is 1.53 bits per heavy atom. The van der Waals surface area contributed by atoms with Crippen LogP contribution in [0.5, 0.6) is 10.9 Å². The van der Waals surface area contributed by atoms with Crippen molar-refractivity contribution in [3.63, 3.8) is 0 Å². The molecular formula is C11H7ClFNO2S. The molecular weight excluding hydrogens is 265 g/mol. The van der Waals surface area contributed by atoms with Crippen LogP contribution in [-0.4, -0.2) is 11.3 Å². The monoisotopic (exact) mass is 271 g/mol. The number of thiazole rings is 1. The number of aromatic nitrogens is 1. The number of aryl methyl sites for hydroxylation is 1. The highest BCUT2D eigenvalue weighted by Crippen LogP contribution is 2.31. The predicted molar refractivity (Wildman–Crippen MR) is 63.7 cm³/mol. The van der Waals surface area contributed by atoms with Crippen LogP contribution in [0.25, 0.3) is 0 Å². The van der Waals surface area contributed by atoms with Crippen LogP contribution in [0.2, 0.25) is 5.15 Å². The van der Waals surface area contributed by atoms with Gasteiger partial charge in [0, 0.05) is 6.07 Å². The lowest BCUT2D eigenvalue weighted by Gasteiger charge is -2.02. The van der Waals surface area contributed by atoms with Crippen LogP contribution in [0, 0.1) is 12.7 Å². The Labute approximate surface area is 106 Å². The van der Waals surface area contributed by atoms with Gasteiger partial charge in [-0.3, -0.25) is 4.79 Å². The summed E-state index contributed by atoms with van der Waals surface area (Å²) in [6.45, 7) is 1.66. The Balaban J connectivity index is 2.25. The molecule has 0 unspecified atom stereocenters. The first-order valence-electron chi connectivity index (χ1n) is 4.65. The van der Waals surface area contributed by atoms with E-state index in [-0.39, 0.29) is 21.0 Å². The molecule has 17 heavy (non-hydrogen) atoms. The van der Waals surface area contributed by atoms with E-state index in [0.717, 1.165) is 11.3 Å². The molecule has 1 aromatic carbocycles. The molecule has 6 heteroatoms. The Bertz CT molecular complexity index is 571. The average molecular weight is 272 g/mol. The first-order chi connectivity index (χ1) is 8.10. The molecule has 0 fully saturated rings. The summed E-state index contributed by atoms with van der Waals surface area (Å²) in [7, 11) is 0. The fourth-order valence-electron chi connectivity index (χ4n) is 1.15. The molecule has 0 aliphatic rings. The summed E-state index contributed by atoms with van der Waals surface area (Å²) < 4.78 is 18.6. The topological polar surface area (TPSA) is 39.2 Å². The van der Waals surface area contributed by atoms with Gasteiger partial charge in [-0.05, 0) is 18.6 Å². The van der Waals surface area contributed by atoms with E-state index in [4.69, 9.17) is 16.3 Å². The van der Waals surface area contributed by atoms with Crippen molar-refractivity contribution >= 4 is 29.2 Å². The summed E-state index contributed by atoms with van der Waals surface area (Å²) in [6.07, 6.45) is 0.600. The Morgan fingerprint density at radius 2 is 2.29 bits per heavy atom. The van der Waals surface area contributed by atoms with Gasteiger partial charge in [-0.2, -0.15) is 4.98 Å². The Hall–Kier alpha value is -1.46. The van der Waals surface area contributed by atoms with Gasteiger partial charge in [-0.25, -0.2) is 4.39 Å². The van der Waals surface area contributed by atoms with Crippen LogP contribution in [-0.2, 0) is 0 Å². The minimum atomic E-state index is -0.360. The predicted octanol–water partition coefficient (Wildman–Crippen LogP) is 3.85. The standard InChI is InChI=1S/C11H7ClFNO2S/c1-6-2-3-7(4-8(6)13)16-11-14-10(12)9(5-15)17-11/h2-5H,1H3. The van der Waals surface area contributed by atoms with E-state index in [0.29, 0.717) is 17.6 Å². The molecule has 2 rings (SSSR count). The fraction of sp³-hybridized carbons (Fsp3) is 0.0909. The number of nitrogens with zero attached hydrogens (tertiary/aromatic N) is 1. The van der Waals surface area contributed by atoms with Crippen molar-refractivity contribution in [1.82, 2.24) is 4.98 Å². The zero-order valence-electron chi connectivity index (χ0n) is 8.74. The van der Waals surface area contributed by atoms with Crippen molar-refractivity contribution in [2.45, 2.75) is 6.92 Å². The molecule has 3 nitrogen and oxygen atoms in total. The molecule has 0 aliphatic heterocycles. The number of hydrogen-bond acceptors (Lipinski definition) is 4. The number of halogens is 2. The summed E-state index contributed by atoms with van der Waals surface area (Å²) in [5.41, 5.74) is 0.531. The maximum atomic E-state index is 13.3. The van der Waals surface area contributed by atoms with E-state index >= 15 is 0 Å². The van der Waals surface area contributed by atoms with Gasteiger partial charge in [0.15, 0.2) is 11.4 Å². The quantitative estimate of drug-likeness (QED) is 0.796. The Morgan fingerprint density at radius 3 is 2.88 bits per heavy atom. The molecule has 0 atom stereocenters. The van der Waals surface area contributed by atoms with Crippen LogP contribution in [0.1, 0.15) is 15.2 Å². The van der Waals surface area contributed by atoms with Crippen molar-refractivity contribution in [2.75, 3.05) is 0 Å². The number of hydrogen-bond donors (Lipinski definition) is 0. The van der Waals surface area contributed by atoms with Gasteiger partial charge in [0.05, 0.1) is 0 Å². The van der Waals surface area contributed by atoms with Crippen LogP contribution in [0.4, 0.5) is 4.39 Å². The highest BCUT2D eigenvalue weighted by atomic mass is 35.5. The van der Waals surface area contributed by atoms with E-state index in [1.54, 1.807) is 19.1 Å². The number of ether oxygens (including phenoxy) is 1. The number of carbonyl (C=O) groups excluding carboxylic acids is 1. The summed E-state index contributed by atoms with van der Waals surface area (Å²) >= 11 is 6.69. The van der Waals surface area contributed by atoms with E-state index in [1.165, 1.54) is 6.07 Å². The smallest absolute Gasteiger partial charge is 0.280 e. The number of rotatable bonds is 3. The minimum Gasteiger partial charge on any atom is -0.431 e. The third-order valence-electron chi connectivity index (χ3n) is 2.05. The number of aldehydes is 1. The summed E-state index contributed by atoms with van der Waals surface area (Å²) in [5.74, 6) is -0.0447. The maximum Gasteiger partial charge on any atom is 0.280 e. The van der Waals surface area contributed by atoms with Crippen molar-refractivity contribution in [3.05, 3.63) is 39.6 Å². The van der Waals surface area contributed by atoms with E-state index in [1.807, 2.05) is 0 Å². The van der Waals surface area contributed by atoms with Gasteiger partial charge in [0.25, 0.3) is 5.19 Å². The van der Waals surface area contributed by atoms with Gasteiger partial charge in [0.2, 0.25) is 0 Å². The molecule has 0 aliphatic carbocycles. The zero-order chi connectivity index (χ0) is 12.4. The van der Waals surface area contributed by atoms with Crippen molar-refractivity contribution in [2.24, 2.45) is 0 Å². The van der Waals surface area contributed by atoms with E-state index in [9.17, 15) is 9.18 Å². The van der Waals surface area contributed by atoms with Crippen molar-refractivity contribution in [3.8, 4) is 10.9 Å². The summed E-state index contributed by atoms with van der Waals surface area (Å²) in [5, 5.41) is 0.299. The van der Waals surface area contributed by atoms with Gasteiger partial charge in [-0.1, -0.05) is 29.0 Å². The number of carbonyl (C=O) groups is 1. The van der Waals surface area contributed by atoms with E-state index < -0.39 is 0 Å². The molecule has 0 radical (unpaired) electrons. The molecule has 0 saturated carbocycles. The second-order valence-corrected chi connectivity index (χ2v) is 4.62. The molecule has 2 aromatic rings. The highest BCUT2D eigenvalue weighted by Gasteiger charge is 2.10. The Kier molecular flexibility index (Phi) is 3.40. The molecule has 0 spiro atoms. The van der Waals surface area contributed by atoms with Crippen LogP contribution in [0.15, 0.2) is 18.2 Å². The molecule has 1 heterocycles. The van der Waals surface area contributed by atoms with Crippen LogP contribution >= 0.6 is 22.9 Å². The highest BCUT2D eigenvalue weighted by molar-refractivity contribution is 7.15. The largest absolute Gasteiger partial charge is 0.431 e. The van der Waals surface area contributed by atoms with Crippen molar-refractivity contribution < 1.29 is 13.9 Å². The second kappa shape index (κ2) is 4.81. The molecule has 0 bridgehead atoms. The van der Waals surface area contributed by atoms with Gasteiger partial charge in [-0.15, -0.1) is 0 Å². The zero-order valence-corrected chi connectivity index (χ0v) is 10.3. The normalized spacial score (nSPS) is 10.3. The lowest BCUT2D eigenvalue weighted by Crippen LogP contribution is -1.86. The SMILES string of the molecule is Cc1ccc(Oc2nc(Cl)c(C=O)s2)cc1F. The van der Waals surface area contributed by atoms with Gasteiger partial charge < -0.3 is 4.74 Å². The first-order valence-corrected chi connectivity index (χ1v) is 5.85. The van der Waals surface area contributed by atoms with E-state index in [2.05, 4.69) is 4.98 Å². The maximum absolute atomic E-state index is 13.3. The first kappa shape index (κ1) is 12.0. The lowest BCUT2D eigenvalue weighted by molar-refractivity contribution is 0.112. The molecule has 0 N–H and O–H groups in total. The third-order valence-corrected chi connectivity index (χ3v) is 3.30. The van der Waals surface area contributed by atoms with Crippen molar-refractivity contribution in [1.29, 1.82) is 0 Å². The second-order valence-electron chi connectivity index (χ2n) is 3.27. The van der Waals surface area contributed by atoms with Crippen LogP contribution in [0.3, 0.4) is 0 Å². The minimum absolute atomic E-state index is 0.0904.